The lowest BCUT2D eigenvalue weighted by Gasteiger charge is -2.28. The molecule has 1 saturated carbocycles. The van der Waals surface area contributed by atoms with Crippen LogP contribution in [0.25, 0.3) is 0 Å². The van der Waals surface area contributed by atoms with E-state index in [9.17, 15) is 9.59 Å². The van der Waals surface area contributed by atoms with Gasteiger partial charge in [-0.15, -0.1) is 11.3 Å². The van der Waals surface area contributed by atoms with Crippen LogP contribution in [0.2, 0.25) is 0 Å². The summed E-state index contributed by atoms with van der Waals surface area (Å²) in [5.74, 6) is 0.758. The Balaban J connectivity index is 1.52. The van der Waals surface area contributed by atoms with Crippen molar-refractivity contribution in [1.82, 2.24) is 9.80 Å². The molecule has 0 bridgehead atoms. The van der Waals surface area contributed by atoms with Crippen molar-refractivity contribution in [2.45, 2.75) is 44.9 Å². The molecule has 0 radical (unpaired) electrons. The average Bonchev–Trinajstić information content (AvgIpc) is 2.96. The highest BCUT2D eigenvalue weighted by atomic mass is 32.1. The third-order valence-corrected chi connectivity index (χ3v) is 5.90. The normalized spacial score (nSPS) is 20.3. The van der Waals surface area contributed by atoms with Gasteiger partial charge in [-0.3, -0.25) is 9.59 Å². The van der Waals surface area contributed by atoms with Crippen molar-refractivity contribution in [2.24, 2.45) is 5.92 Å². The van der Waals surface area contributed by atoms with Crippen LogP contribution in [0.15, 0.2) is 17.5 Å². The van der Waals surface area contributed by atoms with E-state index < -0.39 is 0 Å². The minimum Gasteiger partial charge on any atom is -0.341 e. The monoisotopic (exact) mass is 334 g/mol. The zero-order chi connectivity index (χ0) is 16.1. The molecule has 1 saturated heterocycles. The van der Waals surface area contributed by atoms with E-state index in [0.29, 0.717) is 25.4 Å². The molecule has 1 aliphatic heterocycles. The van der Waals surface area contributed by atoms with Crippen LogP contribution in [-0.4, -0.2) is 47.8 Å². The highest BCUT2D eigenvalue weighted by Crippen LogP contribution is 2.26. The molecule has 1 aromatic heterocycles. The van der Waals surface area contributed by atoms with Crippen molar-refractivity contribution >= 4 is 23.2 Å². The number of carbonyl (C=O) groups excluding carboxylic acids is 2. The lowest BCUT2D eigenvalue weighted by Crippen LogP contribution is -2.40. The summed E-state index contributed by atoms with van der Waals surface area (Å²) >= 11 is 1.63. The molecule has 2 fully saturated rings. The predicted octanol–water partition coefficient (Wildman–Crippen LogP) is 2.93. The van der Waals surface area contributed by atoms with Gasteiger partial charge in [-0.25, -0.2) is 0 Å². The van der Waals surface area contributed by atoms with E-state index in [-0.39, 0.29) is 11.8 Å². The maximum Gasteiger partial charge on any atom is 0.227 e. The van der Waals surface area contributed by atoms with E-state index in [1.807, 2.05) is 27.3 Å². The SMILES string of the molecule is O=C(Cc1cccs1)N1CCCN(C(=O)C2CCCCC2)CC1. The molecular formula is C18H26N2O2S. The number of carbonyl (C=O) groups is 2. The van der Waals surface area contributed by atoms with Crippen LogP contribution in [0, 0.1) is 5.92 Å². The molecule has 1 aliphatic carbocycles. The third-order valence-electron chi connectivity index (χ3n) is 5.02. The minimum absolute atomic E-state index is 0.194. The quantitative estimate of drug-likeness (QED) is 0.853. The zero-order valence-electron chi connectivity index (χ0n) is 13.7. The van der Waals surface area contributed by atoms with Gasteiger partial charge in [0, 0.05) is 37.0 Å². The molecule has 4 nitrogen and oxygen atoms in total. The second kappa shape index (κ2) is 7.95. The minimum atomic E-state index is 0.194. The Kier molecular flexibility index (Phi) is 5.70. The molecule has 0 N–H and O–H groups in total. The van der Waals surface area contributed by atoms with Crippen LogP contribution >= 0.6 is 11.3 Å². The molecule has 2 aliphatic rings. The van der Waals surface area contributed by atoms with Crippen molar-refractivity contribution in [3.8, 4) is 0 Å². The molecule has 0 aromatic carbocycles. The Morgan fingerprint density at radius 3 is 2.48 bits per heavy atom. The van der Waals surface area contributed by atoms with Gasteiger partial charge in [0.25, 0.3) is 0 Å². The molecule has 1 aromatic rings. The van der Waals surface area contributed by atoms with E-state index in [0.717, 1.165) is 37.2 Å². The molecule has 3 rings (SSSR count). The second-order valence-corrected chi connectivity index (χ2v) is 7.68. The molecule has 2 amide bonds. The predicted molar refractivity (Wildman–Crippen MR) is 92.4 cm³/mol. The summed E-state index contributed by atoms with van der Waals surface area (Å²) in [6, 6.07) is 4.00. The number of amides is 2. The molecule has 0 unspecified atom stereocenters. The van der Waals surface area contributed by atoms with E-state index in [1.54, 1.807) is 11.3 Å². The summed E-state index contributed by atoms with van der Waals surface area (Å²) in [4.78, 5) is 30.2. The molecule has 2 heterocycles. The van der Waals surface area contributed by atoms with Crippen molar-refractivity contribution in [2.75, 3.05) is 26.2 Å². The Labute approximate surface area is 142 Å². The fraction of sp³-hybridized carbons (Fsp3) is 0.667. The standard InChI is InChI=1S/C18H26N2O2S/c21-17(14-16-8-4-13-23-16)19-9-5-10-20(12-11-19)18(22)15-6-2-1-3-7-15/h4,8,13,15H,1-3,5-7,9-12,14H2. The Bertz CT molecular complexity index is 523. The summed E-state index contributed by atoms with van der Waals surface area (Å²) < 4.78 is 0. The van der Waals surface area contributed by atoms with Crippen LogP contribution in [0.5, 0.6) is 0 Å². The van der Waals surface area contributed by atoms with Crippen LogP contribution in [-0.2, 0) is 16.0 Å². The summed E-state index contributed by atoms with van der Waals surface area (Å²) in [6.07, 6.45) is 7.15. The van der Waals surface area contributed by atoms with Crippen molar-refractivity contribution in [1.29, 1.82) is 0 Å². The zero-order valence-corrected chi connectivity index (χ0v) is 14.5. The highest BCUT2D eigenvalue weighted by Gasteiger charge is 2.28. The highest BCUT2D eigenvalue weighted by molar-refractivity contribution is 7.10. The number of thiophene rings is 1. The van der Waals surface area contributed by atoms with Crippen LogP contribution in [0.1, 0.15) is 43.4 Å². The summed E-state index contributed by atoms with van der Waals surface area (Å²) in [5, 5.41) is 2.01. The fourth-order valence-electron chi connectivity index (χ4n) is 3.67. The Morgan fingerprint density at radius 2 is 1.74 bits per heavy atom. The van der Waals surface area contributed by atoms with Gasteiger partial charge < -0.3 is 9.80 Å². The van der Waals surface area contributed by atoms with Crippen LogP contribution in [0.3, 0.4) is 0 Å². The smallest absolute Gasteiger partial charge is 0.227 e. The summed E-state index contributed by atoms with van der Waals surface area (Å²) in [5.41, 5.74) is 0. The first-order valence-electron chi connectivity index (χ1n) is 8.83. The summed E-state index contributed by atoms with van der Waals surface area (Å²) in [6.45, 7) is 2.96. The topological polar surface area (TPSA) is 40.6 Å². The number of hydrogen-bond acceptors (Lipinski definition) is 3. The first kappa shape index (κ1) is 16.5. The van der Waals surface area contributed by atoms with Crippen molar-refractivity contribution in [3.63, 3.8) is 0 Å². The van der Waals surface area contributed by atoms with E-state index in [1.165, 1.54) is 19.3 Å². The van der Waals surface area contributed by atoms with Gasteiger partial charge in [-0.1, -0.05) is 25.3 Å². The molecule has 126 valence electrons. The Morgan fingerprint density at radius 1 is 1.00 bits per heavy atom. The second-order valence-electron chi connectivity index (χ2n) is 6.65. The van der Waals surface area contributed by atoms with E-state index >= 15 is 0 Å². The summed E-state index contributed by atoms with van der Waals surface area (Å²) in [7, 11) is 0. The van der Waals surface area contributed by atoms with Gasteiger partial charge in [0.05, 0.1) is 6.42 Å². The molecule has 5 heteroatoms. The first-order valence-corrected chi connectivity index (χ1v) is 9.71. The number of rotatable bonds is 3. The van der Waals surface area contributed by atoms with E-state index in [2.05, 4.69) is 0 Å². The Hall–Kier alpha value is -1.36. The van der Waals surface area contributed by atoms with Gasteiger partial charge in [0.15, 0.2) is 0 Å². The largest absolute Gasteiger partial charge is 0.341 e. The van der Waals surface area contributed by atoms with Gasteiger partial charge in [-0.05, 0) is 30.7 Å². The van der Waals surface area contributed by atoms with Gasteiger partial charge >= 0.3 is 0 Å². The van der Waals surface area contributed by atoms with Crippen molar-refractivity contribution in [3.05, 3.63) is 22.4 Å². The lowest BCUT2D eigenvalue weighted by atomic mass is 9.88. The first-order chi connectivity index (χ1) is 11.2. The average molecular weight is 334 g/mol. The van der Waals surface area contributed by atoms with Crippen molar-refractivity contribution < 1.29 is 9.59 Å². The van der Waals surface area contributed by atoms with Crippen LogP contribution in [0.4, 0.5) is 0 Å². The maximum absolute atomic E-state index is 12.7. The van der Waals surface area contributed by atoms with Gasteiger partial charge in [0.1, 0.15) is 0 Å². The van der Waals surface area contributed by atoms with Gasteiger partial charge in [-0.2, -0.15) is 0 Å². The molecule has 0 spiro atoms. The van der Waals surface area contributed by atoms with Gasteiger partial charge in [0.2, 0.25) is 11.8 Å². The lowest BCUT2D eigenvalue weighted by molar-refractivity contribution is -0.137. The maximum atomic E-state index is 12.7. The molecular weight excluding hydrogens is 308 g/mol. The number of nitrogens with zero attached hydrogens (tertiary/aromatic N) is 2. The van der Waals surface area contributed by atoms with E-state index in [4.69, 9.17) is 0 Å². The fourth-order valence-corrected chi connectivity index (χ4v) is 4.36. The number of hydrogen-bond donors (Lipinski definition) is 0. The third kappa shape index (κ3) is 4.34. The molecule has 23 heavy (non-hydrogen) atoms. The molecule has 0 atom stereocenters. The van der Waals surface area contributed by atoms with Crippen LogP contribution < -0.4 is 0 Å².